The number of carbonyl (C=O) groups is 1. The van der Waals surface area contributed by atoms with Gasteiger partial charge in [0.25, 0.3) is 5.56 Å². The maximum Gasteiger partial charge on any atom is 0.251 e. The number of aliphatic hydroxyl groups is 1. The third-order valence-corrected chi connectivity index (χ3v) is 5.08. The van der Waals surface area contributed by atoms with Crippen LogP contribution in [0.3, 0.4) is 0 Å². The first-order valence-electron chi connectivity index (χ1n) is 11.0. The molecule has 3 rings (SSSR count). The summed E-state index contributed by atoms with van der Waals surface area (Å²) in [7, 11) is 0. The van der Waals surface area contributed by atoms with E-state index in [1.807, 2.05) is 12.1 Å². The zero-order valence-electron chi connectivity index (χ0n) is 20.3. The van der Waals surface area contributed by atoms with Crippen LogP contribution >= 0.6 is 0 Å². The predicted octanol–water partition coefficient (Wildman–Crippen LogP) is 3.25. The number of nitrogens with two attached hydrogens (primary N) is 2. The van der Waals surface area contributed by atoms with Crippen LogP contribution in [0.4, 0.5) is 0 Å². The first kappa shape index (κ1) is 27.1. The summed E-state index contributed by atoms with van der Waals surface area (Å²) in [4.78, 5) is 33.9. The molecule has 0 aliphatic rings. The molecule has 2 heterocycles. The normalized spacial score (nSPS) is 11.3. The van der Waals surface area contributed by atoms with E-state index in [0.717, 1.165) is 5.56 Å². The summed E-state index contributed by atoms with van der Waals surface area (Å²) in [6.45, 7) is 7.32. The Morgan fingerprint density at radius 2 is 1.89 bits per heavy atom. The smallest absolute Gasteiger partial charge is 0.251 e. The van der Waals surface area contributed by atoms with Crippen LogP contribution in [0.15, 0.2) is 59.7 Å². The molecule has 3 aromatic rings. The first-order valence-corrected chi connectivity index (χ1v) is 11.0. The fourth-order valence-corrected chi connectivity index (χ4v) is 3.08. The van der Waals surface area contributed by atoms with E-state index in [1.165, 1.54) is 22.9 Å². The van der Waals surface area contributed by atoms with Crippen molar-refractivity contribution in [2.75, 3.05) is 6.61 Å². The Kier molecular flexibility index (Phi) is 9.17. The Labute approximate surface area is 208 Å². The molecule has 9 nitrogen and oxygen atoms in total. The summed E-state index contributed by atoms with van der Waals surface area (Å²) < 4.78 is 1.33. The second-order valence-electron chi connectivity index (χ2n) is 8.17. The van der Waals surface area contributed by atoms with E-state index in [-0.39, 0.29) is 27.9 Å². The molecule has 1 aromatic carbocycles. The highest BCUT2D eigenvalue weighted by Crippen LogP contribution is 2.20. The third-order valence-electron chi connectivity index (χ3n) is 5.08. The van der Waals surface area contributed by atoms with Gasteiger partial charge < -0.3 is 16.6 Å². The summed E-state index contributed by atoms with van der Waals surface area (Å²) in [5.41, 5.74) is 13.9. The van der Waals surface area contributed by atoms with Crippen LogP contribution in [0.2, 0.25) is 0 Å². The minimum atomic E-state index is -1.04. The molecule has 0 fully saturated rings. The number of rotatable bonds is 6. The number of allylic oxidation sites excluding steroid dienone is 1. The van der Waals surface area contributed by atoms with Gasteiger partial charge in [-0.15, -0.1) is 0 Å². The molecule has 0 aliphatic carbocycles. The van der Waals surface area contributed by atoms with Crippen LogP contribution in [-0.2, 0) is 12.1 Å². The van der Waals surface area contributed by atoms with Crippen molar-refractivity contribution < 1.29 is 14.2 Å². The van der Waals surface area contributed by atoms with Gasteiger partial charge in [-0.3, -0.25) is 19.1 Å². The van der Waals surface area contributed by atoms with Crippen LogP contribution in [-0.4, -0.2) is 32.0 Å². The van der Waals surface area contributed by atoms with Gasteiger partial charge in [0, 0.05) is 47.0 Å². The van der Waals surface area contributed by atoms with E-state index in [2.05, 4.69) is 16.0 Å². The number of aromatic nitrogens is 3. The number of ketones is 1. The highest BCUT2D eigenvalue weighted by Gasteiger charge is 2.21. The molecule has 0 unspecified atom stereocenters. The van der Waals surface area contributed by atoms with Crippen LogP contribution in [0.1, 0.15) is 52.4 Å². The highest BCUT2D eigenvalue weighted by atomic mass is 16.2. The molecule has 2 aromatic heterocycles. The van der Waals surface area contributed by atoms with E-state index in [1.54, 1.807) is 52.1 Å². The number of aliphatic hydroxyl groups excluding tert-OH is 1. The average Bonchev–Trinajstić information content (AvgIpc) is 2.85. The van der Waals surface area contributed by atoms with Gasteiger partial charge in [0.1, 0.15) is 11.2 Å². The zero-order chi connectivity index (χ0) is 26.2. The molecule has 0 spiro atoms. The van der Waals surface area contributed by atoms with Gasteiger partial charge in [0.2, 0.25) is 5.78 Å². The zero-order valence-corrected chi connectivity index (χ0v) is 20.3. The van der Waals surface area contributed by atoms with Crippen LogP contribution in [0.5, 0.6) is 0 Å². The standard InChI is InChI=1S/C24H24N6O2.C2H6O.3H2/c1-15-23(21(31)10-19(27)17-6-4-16(11-25)5-7-17)29-20(12-28-15)18-8-9-22(32)30(13-18)24(2,3)14-26;1-2-3;;;/h4-10,12-13H,11,25,27H2,1-3H3;3H,2H2,1H3;3*1H. The number of carbonyl (C=O) groups excluding carboxylic acids is 1. The number of nitrogens with zero attached hydrogens (tertiary/aromatic N) is 4. The van der Waals surface area contributed by atoms with Crippen LogP contribution in [0, 0.1) is 18.3 Å². The Bertz CT molecular complexity index is 1330. The van der Waals surface area contributed by atoms with E-state index < -0.39 is 5.54 Å². The molecule has 9 heteroatoms. The fraction of sp³-hybridized carbons (Fsp3) is 0.269. The largest absolute Gasteiger partial charge is 0.398 e. The lowest BCUT2D eigenvalue weighted by Gasteiger charge is -2.19. The maximum absolute atomic E-state index is 12.9. The van der Waals surface area contributed by atoms with Crippen molar-refractivity contribution in [1.82, 2.24) is 14.5 Å². The van der Waals surface area contributed by atoms with Crippen molar-refractivity contribution >= 4 is 11.5 Å². The van der Waals surface area contributed by atoms with E-state index in [0.29, 0.717) is 34.8 Å². The minimum absolute atomic E-state index is 0. The number of nitriles is 1. The number of hydrogen-bond donors (Lipinski definition) is 3. The number of hydrogen-bond acceptors (Lipinski definition) is 8. The van der Waals surface area contributed by atoms with Crippen molar-refractivity contribution in [2.24, 2.45) is 11.5 Å². The molecule has 35 heavy (non-hydrogen) atoms. The molecular weight excluding hydrogens is 444 g/mol. The Hall–Kier alpha value is -4.13. The molecule has 0 saturated carbocycles. The molecule has 0 radical (unpaired) electrons. The van der Waals surface area contributed by atoms with Gasteiger partial charge >= 0.3 is 0 Å². The molecule has 0 aliphatic heterocycles. The van der Waals surface area contributed by atoms with Gasteiger partial charge in [0.15, 0.2) is 0 Å². The molecule has 0 saturated heterocycles. The highest BCUT2D eigenvalue weighted by molar-refractivity contribution is 6.07. The SMILES string of the molecule is CCO.Cc1ncc(-c2ccc(=O)n(C(C)(C)C#N)c2)nc1C(=O)C=C(N)c1ccc(CN)cc1.[HH].[HH].[HH]. The van der Waals surface area contributed by atoms with Crippen LogP contribution in [0.25, 0.3) is 17.0 Å². The summed E-state index contributed by atoms with van der Waals surface area (Å²) in [6, 6.07) is 12.4. The third kappa shape index (κ3) is 6.69. The minimum Gasteiger partial charge on any atom is -0.398 e. The summed E-state index contributed by atoms with van der Waals surface area (Å²) in [5.74, 6) is -0.386. The monoisotopic (exact) mass is 480 g/mol. The van der Waals surface area contributed by atoms with E-state index in [9.17, 15) is 14.9 Å². The fourth-order valence-electron chi connectivity index (χ4n) is 3.08. The lowest BCUT2D eigenvalue weighted by atomic mass is 10.1. The second-order valence-corrected chi connectivity index (χ2v) is 8.17. The molecule has 0 atom stereocenters. The second kappa shape index (κ2) is 11.8. The summed E-state index contributed by atoms with van der Waals surface area (Å²) in [6.07, 6.45) is 4.38. The molecular formula is C26H36N6O3. The lowest BCUT2D eigenvalue weighted by molar-refractivity contribution is 0.104. The van der Waals surface area contributed by atoms with Crippen molar-refractivity contribution in [3.8, 4) is 17.3 Å². The van der Waals surface area contributed by atoms with Crippen LogP contribution < -0.4 is 17.0 Å². The Morgan fingerprint density at radius 3 is 2.46 bits per heavy atom. The molecule has 5 N–H and O–H groups in total. The molecule has 188 valence electrons. The maximum atomic E-state index is 12.9. The van der Waals surface area contributed by atoms with Crippen molar-refractivity contribution in [3.63, 3.8) is 0 Å². The number of benzene rings is 1. The average molecular weight is 481 g/mol. The lowest BCUT2D eigenvalue weighted by Crippen LogP contribution is -2.34. The predicted molar refractivity (Wildman–Crippen MR) is 141 cm³/mol. The molecule has 0 bridgehead atoms. The number of aryl methyl sites for hydroxylation is 1. The topological polar surface area (TPSA) is 161 Å². The summed E-state index contributed by atoms with van der Waals surface area (Å²) in [5, 5.41) is 17.0. The van der Waals surface area contributed by atoms with Gasteiger partial charge in [-0.1, -0.05) is 24.3 Å². The van der Waals surface area contributed by atoms with E-state index in [4.69, 9.17) is 16.6 Å². The van der Waals surface area contributed by atoms with Gasteiger partial charge in [0.05, 0.1) is 23.7 Å². The van der Waals surface area contributed by atoms with Crippen molar-refractivity contribution in [2.45, 2.75) is 39.8 Å². The quantitative estimate of drug-likeness (QED) is 0.358. The van der Waals surface area contributed by atoms with E-state index >= 15 is 0 Å². The Balaban J connectivity index is 0. The van der Waals surface area contributed by atoms with Crippen molar-refractivity contribution in [1.29, 1.82) is 5.26 Å². The molecule has 0 amide bonds. The van der Waals surface area contributed by atoms with Gasteiger partial charge in [-0.05, 0) is 44.9 Å². The number of pyridine rings is 1. The first-order chi connectivity index (χ1) is 16.6. The summed E-state index contributed by atoms with van der Waals surface area (Å²) >= 11 is 0. The van der Waals surface area contributed by atoms with Gasteiger partial charge in [-0.2, -0.15) is 5.26 Å². The van der Waals surface area contributed by atoms with Crippen molar-refractivity contribution in [3.05, 3.63) is 87.7 Å². The Morgan fingerprint density at radius 1 is 1.26 bits per heavy atom. The van der Waals surface area contributed by atoms with Gasteiger partial charge in [-0.25, -0.2) is 4.98 Å².